The van der Waals surface area contributed by atoms with Crippen LogP contribution in [0.25, 0.3) is 10.9 Å². The van der Waals surface area contributed by atoms with Gasteiger partial charge in [-0.3, -0.25) is 4.79 Å². The molecule has 0 aliphatic heterocycles. The molecule has 0 radical (unpaired) electrons. The van der Waals surface area contributed by atoms with Crippen LogP contribution in [0, 0.1) is 5.82 Å². The summed E-state index contributed by atoms with van der Waals surface area (Å²) in [6.45, 7) is 1.15. The maximum absolute atomic E-state index is 13.2. The third-order valence-corrected chi connectivity index (χ3v) is 4.82. The van der Waals surface area contributed by atoms with Crippen molar-refractivity contribution >= 4 is 16.8 Å². The fourth-order valence-corrected chi connectivity index (χ4v) is 3.41. The van der Waals surface area contributed by atoms with Gasteiger partial charge in [-0.05, 0) is 34.9 Å². The molecule has 0 aliphatic rings. The van der Waals surface area contributed by atoms with Crippen LogP contribution in [0.4, 0.5) is 4.39 Å². The van der Waals surface area contributed by atoms with Crippen molar-refractivity contribution in [1.29, 1.82) is 0 Å². The van der Waals surface area contributed by atoms with E-state index in [0.29, 0.717) is 19.5 Å². The molecular formula is C24H21FN2O. The maximum atomic E-state index is 13.2. The summed E-state index contributed by atoms with van der Waals surface area (Å²) in [5.74, 6) is -0.245. The first-order valence-electron chi connectivity index (χ1n) is 9.31. The molecule has 1 amide bonds. The lowest BCUT2D eigenvalue weighted by Gasteiger charge is -2.05. The van der Waals surface area contributed by atoms with E-state index in [1.807, 2.05) is 60.8 Å². The standard InChI is InChI=1S/C24H21FN2O/c25-21-12-10-19(11-13-21)16-27-17-20(22-8-4-5-9-23(22)27)14-24(28)26-15-18-6-2-1-3-7-18/h1-13,17H,14-16H2,(H,26,28). The molecule has 4 rings (SSSR count). The lowest BCUT2D eigenvalue weighted by molar-refractivity contribution is -0.120. The molecule has 4 heteroatoms. The van der Waals surface area contributed by atoms with Crippen molar-refractivity contribution in [2.75, 3.05) is 0 Å². The Labute approximate surface area is 163 Å². The minimum atomic E-state index is -0.239. The minimum absolute atomic E-state index is 0.00598. The van der Waals surface area contributed by atoms with E-state index in [-0.39, 0.29) is 11.7 Å². The molecule has 1 aromatic heterocycles. The Balaban J connectivity index is 1.52. The molecule has 1 heterocycles. The second-order valence-electron chi connectivity index (χ2n) is 6.86. The van der Waals surface area contributed by atoms with Gasteiger partial charge in [0.05, 0.1) is 6.42 Å². The van der Waals surface area contributed by atoms with E-state index in [1.165, 1.54) is 12.1 Å². The number of nitrogens with one attached hydrogen (secondary N) is 1. The predicted octanol–water partition coefficient (Wildman–Crippen LogP) is 4.69. The number of fused-ring (bicyclic) bond motifs is 1. The summed E-state index contributed by atoms with van der Waals surface area (Å²) < 4.78 is 15.3. The van der Waals surface area contributed by atoms with E-state index >= 15 is 0 Å². The van der Waals surface area contributed by atoms with Crippen molar-refractivity contribution in [3.63, 3.8) is 0 Å². The van der Waals surface area contributed by atoms with Crippen LogP contribution in [0.5, 0.6) is 0 Å². The van der Waals surface area contributed by atoms with Gasteiger partial charge in [-0.15, -0.1) is 0 Å². The van der Waals surface area contributed by atoms with E-state index in [4.69, 9.17) is 0 Å². The zero-order valence-electron chi connectivity index (χ0n) is 15.4. The number of benzene rings is 3. The number of para-hydroxylation sites is 1. The maximum Gasteiger partial charge on any atom is 0.224 e. The van der Waals surface area contributed by atoms with Gasteiger partial charge < -0.3 is 9.88 Å². The molecule has 0 saturated carbocycles. The molecular weight excluding hydrogens is 351 g/mol. The molecule has 140 valence electrons. The fourth-order valence-electron chi connectivity index (χ4n) is 3.41. The normalized spacial score (nSPS) is 10.9. The van der Waals surface area contributed by atoms with Gasteiger partial charge in [0.25, 0.3) is 0 Å². The number of nitrogens with zero attached hydrogens (tertiary/aromatic N) is 1. The number of hydrogen-bond donors (Lipinski definition) is 1. The number of carbonyl (C=O) groups is 1. The molecule has 28 heavy (non-hydrogen) atoms. The van der Waals surface area contributed by atoms with Crippen LogP contribution in [0.3, 0.4) is 0 Å². The highest BCUT2D eigenvalue weighted by Gasteiger charge is 2.12. The summed E-state index contributed by atoms with van der Waals surface area (Å²) in [5, 5.41) is 4.06. The van der Waals surface area contributed by atoms with Gasteiger partial charge in [0, 0.05) is 30.2 Å². The van der Waals surface area contributed by atoms with E-state index in [2.05, 4.69) is 9.88 Å². The van der Waals surface area contributed by atoms with Crippen LogP contribution >= 0.6 is 0 Å². The Kier molecular flexibility index (Phi) is 5.20. The summed E-state index contributed by atoms with van der Waals surface area (Å²) in [4.78, 5) is 12.5. The summed E-state index contributed by atoms with van der Waals surface area (Å²) in [6.07, 6.45) is 2.35. The van der Waals surface area contributed by atoms with Gasteiger partial charge in [-0.1, -0.05) is 60.7 Å². The molecule has 4 aromatic rings. The number of hydrogen-bond acceptors (Lipinski definition) is 1. The van der Waals surface area contributed by atoms with Crippen LogP contribution in [-0.2, 0) is 24.3 Å². The monoisotopic (exact) mass is 372 g/mol. The third kappa shape index (κ3) is 4.12. The number of rotatable bonds is 6. The summed E-state index contributed by atoms with van der Waals surface area (Å²) >= 11 is 0. The highest BCUT2D eigenvalue weighted by Crippen LogP contribution is 2.23. The molecule has 0 bridgehead atoms. The molecule has 0 aliphatic carbocycles. The molecule has 0 fully saturated rings. The smallest absolute Gasteiger partial charge is 0.224 e. The van der Waals surface area contributed by atoms with Gasteiger partial charge in [0.15, 0.2) is 0 Å². The average Bonchev–Trinajstić information content (AvgIpc) is 3.06. The van der Waals surface area contributed by atoms with Gasteiger partial charge in [-0.25, -0.2) is 4.39 Å². The summed E-state index contributed by atoms with van der Waals surface area (Å²) in [6, 6.07) is 24.4. The molecule has 0 saturated heterocycles. The van der Waals surface area contributed by atoms with Crippen LogP contribution in [0.1, 0.15) is 16.7 Å². The van der Waals surface area contributed by atoms with Crippen LogP contribution < -0.4 is 5.32 Å². The van der Waals surface area contributed by atoms with Crippen molar-refractivity contribution in [2.45, 2.75) is 19.5 Å². The first-order valence-corrected chi connectivity index (χ1v) is 9.31. The topological polar surface area (TPSA) is 34.0 Å². The first-order chi connectivity index (χ1) is 13.7. The van der Waals surface area contributed by atoms with Crippen LogP contribution in [0.15, 0.2) is 85.1 Å². The average molecular weight is 372 g/mol. The van der Waals surface area contributed by atoms with Crippen LogP contribution in [0.2, 0.25) is 0 Å². The van der Waals surface area contributed by atoms with E-state index in [1.54, 1.807) is 12.1 Å². The zero-order valence-corrected chi connectivity index (χ0v) is 15.4. The highest BCUT2D eigenvalue weighted by molar-refractivity contribution is 5.89. The highest BCUT2D eigenvalue weighted by atomic mass is 19.1. The van der Waals surface area contributed by atoms with E-state index < -0.39 is 0 Å². The number of amides is 1. The second-order valence-corrected chi connectivity index (χ2v) is 6.86. The molecule has 3 nitrogen and oxygen atoms in total. The number of aromatic nitrogens is 1. The van der Waals surface area contributed by atoms with Crippen LogP contribution in [-0.4, -0.2) is 10.5 Å². The third-order valence-electron chi connectivity index (χ3n) is 4.82. The number of carbonyl (C=O) groups excluding carboxylic acids is 1. The fraction of sp³-hybridized carbons (Fsp3) is 0.125. The van der Waals surface area contributed by atoms with Gasteiger partial charge in [-0.2, -0.15) is 0 Å². The lowest BCUT2D eigenvalue weighted by atomic mass is 10.1. The SMILES string of the molecule is O=C(Cc1cn(Cc2ccc(F)cc2)c2ccccc12)NCc1ccccc1. The van der Waals surface area contributed by atoms with Crippen molar-refractivity contribution in [3.8, 4) is 0 Å². The summed E-state index contributed by atoms with van der Waals surface area (Å²) in [5.41, 5.74) is 4.15. The van der Waals surface area contributed by atoms with E-state index in [0.717, 1.165) is 27.6 Å². The van der Waals surface area contributed by atoms with Crippen molar-refractivity contribution < 1.29 is 9.18 Å². The first kappa shape index (κ1) is 18.0. The Hall–Kier alpha value is -3.40. The van der Waals surface area contributed by atoms with Crippen molar-refractivity contribution in [1.82, 2.24) is 9.88 Å². The summed E-state index contributed by atoms with van der Waals surface area (Å²) in [7, 11) is 0. The Bertz CT molecular complexity index is 1080. The lowest BCUT2D eigenvalue weighted by Crippen LogP contribution is -2.24. The van der Waals surface area contributed by atoms with Gasteiger partial charge in [0.2, 0.25) is 5.91 Å². The molecule has 3 aromatic carbocycles. The van der Waals surface area contributed by atoms with Gasteiger partial charge in [0.1, 0.15) is 5.82 Å². The second kappa shape index (κ2) is 8.09. The largest absolute Gasteiger partial charge is 0.352 e. The van der Waals surface area contributed by atoms with Gasteiger partial charge >= 0.3 is 0 Å². The Morgan fingerprint density at radius 1 is 0.857 bits per heavy atom. The molecule has 0 spiro atoms. The molecule has 1 N–H and O–H groups in total. The minimum Gasteiger partial charge on any atom is -0.352 e. The van der Waals surface area contributed by atoms with Crippen molar-refractivity contribution in [3.05, 3.63) is 108 Å². The van der Waals surface area contributed by atoms with Crippen molar-refractivity contribution in [2.24, 2.45) is 0 Å². The predicted molar refractivity (Wildman–Crippen MR) is 109 cm³/mol. The Morgan fingerprint density at radius 2 is 1.57 bits per heavy atom. The quantitative estimate of drug-likeness (QED) is 0.524. The molecule has 0 atom stereocenters. The Morgan fingerprint density at radius 3 is 2.36 bits per heavy atom. The zero-order chi connectivity index (χ0) is 19.3. The molecule has 0 unspecified atom stereocenters. The number of halogens is 1. The van der Waals surface area contributed by atoms with E-state index in [9.17, 15) is 9.18 Å².